The topological polar surface area (TPSA) is 20.2 Å². The van der Waals surface area contributed by atoms with E-state index in [1.165, 1.54) is 6.07 Å². The molecule has 0 radical (unpaired) electrons. The van der Waals surface area contributed by atoms with Gasteiger partial charge in [0.2, 0.25) is 0 Å². The van der Waals surface area contributed by atoms with Crippen LogP contribution in [-0.2, 0) is 12.6 Å². The first-order valence-electron chi connectivity index (χ1n) is 3.94. The zero-order chi connectivity index (χ0) is 10.9. The molecule has 1 rings (SSSR count). The number of benzene rings is 1. The molecule has 1 nitrogen and oxygen atoms in total. The highest BCUT2D eigenvalue weighted by Gasteiger charge is 2.35. The Labute approximate surface area is 84.1 Å². The Morgan fingerprint density at radius 2 is 1.93 bits per heavy atom. The highest BCUT2D eigenvalue weighted by Crippen LogP contribution is 2.39. The molecule has 0 atom stereocenters. The molecule has 0 spiro atoms. The lowest BCUT2D eigenvalue weighted by molar-refractivity contribution is -0.138. The molecule has 0 bridgehead atoms. The van der Waals surface area contributed by atoms with Gasteiger partial charge >= 0.3 is 6.18 Å². The van der Waals surface area contributed by atoms with Crippen LogP contribution in [0.25, 0.3) is 0 Å². The van der Waals surface area contributed by atoms with Gasteiger partial charge in [0.25, 0.3) is 0 Å². The normalized spacial score (nSPS) is 11.8. The van der Waals surface area contributed by atoms with Crippen LogP contribution in [-0.4, -0.2) is 5.11 Å². The third-order valence-electron chi connectivity index (χ3n) is 1.84. The average molecular weight is 225 g/mol. The summed E-state index contributed by atoms with van der Waals surface area (Å²) < 4.78 is 37.0. The van der Waals surface area contributed by atoms with Crippen LogP contribution in [0.4, 0.5) is 13.2 Å². The van der Waals surface area contributed by atoms with Crippen molar-refractivity contribution < 1.29 is 18.3 Å². The summed E-state index contributed by atoms with van der Waals surface area (Å²) >= 11 is 5.50. The molecule has 0 aromatic heterocycles. The zero-order valence-electron chi connectivity index (χ0n) is 7.32. The van der Waals surface area contributed by atoms with Crippen LogP contribution < -0.4 is 0 Å². The van der Waals surface area contributed by atoms with Crippen molar-refractivity contribution in [2.45, 2.75) is 19.5 Å². The van der Waals surface area contributed by atoms with Crippen LogP contribution in [0.3, 0.4) is 0 Å². The van der Waals surface area contributed by atoms with E-state index in [4.69, 9.17) is 11.6 Å². The van der Waals surface area contributed by atoms with Crippen LogP contribution >= 0.6 is 11.6 Å². The summed E-state index contributed by atoms with van der Waals surface area (Å²) in [6.45, 7) is 1.64. The van der Waals surface area contributed by atoms with Crippen LogP contribution in [0.5, 0.6) is 5.75 Å². The van der Waals surface area contributed by atoms with Gasteiger partial charge in [-0.1, -0.05) is 18.5 Å². The summed E-state index contributed by atoms with van der Waals surface area (Å²) in [4.78, 5) is 0. The second-order valence-corrected chi connectivity index (χ2v) is 3.25. The van der Waals surface area contributed by atoms with Crippen molar-refractivity contribution in [1.29, 1.82) is 0 Å². The van der Waals surface area contributed by atoms with Gasteiger partial charge in [-0.2, -0.15) is 13.2 Å². The fraction of sp³-hybridized carbons (Fsp3) is 0.333. The number of aromatic hydroxyl groups is 1. The van der Waals surface area contributed by atoms with Gasteiger partial charge in [-0.15, -0.1) is 0 Å². The molecule has 1 N–H and O–H groups in total. The van der Waals surface area contributed by atoms with E-state index in [0.717, 1.165) is 6.07 Å². The Kier molecular flexibility index (Phi) is 2.95. The van der Waals surface area contributed by atoms with E-state index < -0.39 is 17.5 Å². The molecule has 78 valence electrons. The van der Waals surface area contributed by atoms with Gasteiger partial charge in [0.1, 0.15) is 5.75 Å². The molecule has 0 unspecified atom stereocenters. The number of hydrogen-bond acceptors (Lipinski definition) is 1. The summed E-state index contributed by atoms with van der Waals surface area (Å²) in [6.07, 6.45) is -4.27. The molecule has 1 aromatic rings. The van der Waals surface area contributed by atoms with Crippen molar-refractivity contribution in [3.8, 4) is 5.75 Å². The number of alkyl halides is 3. The summed E-state index contributed by atoms with van der Waals surface area (Å²) in [6, 6.07) is 2.04. The SMILES string of the molecule is CCc1cc(Cl)cc(C(F)(F)F)c1O. The molecule has 14 heavy (non-hydrogen) atoms. The van der Waals surface area contributed by atoms with Gasteiger partial charge in [-0.25, -0.2) is 0 Å². The summed E-state index contributed by atoms with van der Waals surface area (Å²) in [5, 5.41) is 9.25. The first kappa shape index (κ1) is 11.2. The summed E-state index contributed by atoms with van der Waals surface area (Å²) in [5.41, 5.74) is -0.883. The Hall–Kier alpha value is -0.900. The summed E-state index contributed by atoms with van der Waals surface area (Å²) in [5.74, 6) is -0.732. The predicted octanol–water partition coefficient (Wildman–Crippen LogP) is 3.63. The monoisotopic (exact) mass is 224 g/mol. The lowest BCUT2D eigenvalue weighted by Gasteiger charge is -2.12. The first-order valence-corrected chi connectivity index (χ1v) is 4.32. The maximum absolute atomic E-state index is 12.3. The van der Waals surface area contributed by atoms with Gasteiger partial charge in [-0.3, -0.25) is 0 Å². The van der Waals surface area contributed by atoms with Gasteiger partial charge in [-0.05, 0) is 24.1 Å². The molecule has 0 fully saturated rings. The largest absolute Gasteiger partial charge is 0.507 e. The van der Waals surface area contributed by atoms with Crippen molar-refractivity contribution in [3.63, 3.8) is 0 Å². The molecule has 0 saturated carbocycles. The number of hydrogen-bond donors (Lipinski definition) is 1. The Balaban J connectivity index is 3.37. The van der Waals surface area contributed by atoms with Crippen LogP contribution in [0.15, 0.2) is 12.1 Å². The first-order chi connectivity index (χ1) is 6.36. The molecule has 0 heterocycles. The average Bonchev–Trinajstić information content (AvgIpc) is 2.06. The Morgan fingerprint density at radius 3 is 2.36 bits per heavy atom. The fourth-order valence-electron chi connectivity index (χ4n) is 1.14. The van der Waals surface area contributed by atoms with Crippen LogP contribution in [0.1, 0.15) is 18.1 Å². The number of phenols is 1. The molecular weight excluding hydrogens is 217 g/mol. The molecule has 1 aromatic carbocycles. The van der Waals surface area contributed by atoms with Crippen molar-refractivity contribution in [3.05, 3.63) is 28.3 Å². The maximum atomic E-state index is 12.3. The highest BCUT2D eigenvalue weighted by molar-refractivity contribution is 6.30. The van der Waals surface area contributed by atoms with Gasteiger partial charge < -0.3 is 5.11 Å². The van der Waals surface area contributed by atoms with E-state index in [2.05, 4.69) is 0 Å². The highest BCUT2D eigenvalue weighted by atomic mass is 35.5. The minimum Gasteiger partial charge on any atom is -0.507 e. The van der Waals surface area contributed by atoms with Crippen molar-refractivity contribution >= 4 is 11.6 Å². The smallest absolute Gasteiger partial charge is 0.420 e. The lowest BCUT2D eigenvalue weighted by atomic mass is 10.1. The number of rotatable bonds is 1. The second kappa shape index (κ2) is 3.69. The second-order valence-electron chi connectivity index (χ2n) is 2.81. The van der Waals surface area contributed by atoms with E-state index in [1.54, 1.807) is 6.92 Å². The number of halogens is 4. The third kappa shape index (κ3) is 2.12. The molecule has 0 amide bonds. The van der Waals surface area contributed by atoms with Crippen molar-refractivity contribution in [2.75, 3.05) is 0 Å². The number of aryl methyl sites for hydroxylation is 1. The van der Waals surface area contributed by atoms with Crippen LogP contribution in [0, 0.1) is 0 Å². The van der Waals surface area contributed by atoms with E-state index in [0.29, 0.717) is 6.42 Å². The Morgan fingerprint density at radius 1 is 1.36 bits per heavy atom. The zero-order valence-corrected chi connectivity index (χ0v) is 8.08. The predicted molar refractivity (Wildman–Crippen MR) is 47.5 cm³/mol. The molecule has 0 aliphatic rings. The molecule has 5 heteroatoms. The third-order valence-corrected chi connectivity index (χ3v) is 2.06. The van der Waals surface area contributed by atoms with Gasteiger partial charge in [0, 0.05) is 5.02 Å². The molecule has 0 aliphatic heterocycles. The quantitative estimate of drug-likeness (QED) is 0.772. The summed E-state index contributed by atoms with van der Waals surface area (Å²) in [7, 11) is 0. The molecule has 0 saturated heterocycles. The molecular formula is C9H8ClF3O. The number of phenolic OH excluding ortho intramolecular Hbond substituents is 1. The fourth-order valence-corrected chi connectivity index (χ4v) is 1.38. The minimum absolute atomic E-state index is 0.0213. The standard InChI is InChI=1S/C9H8ClF3O/c1-2-5-3-6(10)4-7(8(5)14)9(11,12)13/h3-4,14H,2H2,1H3. The van der Waals surface area contributed by atoms with Gasteiger partial charge in [0.05, 0.1) is 5.56 Å². The van der Waals surface area contributed by atoms with Crippen LogP contribution in [0.2, 0.25) is 5.02 Å². The van der Waals surface area contributed by atoms with E-state index in [9.17, 15) is 18.3 Å². The molecule has 0 aliphatic carbocycles. The van der Waals surface area contributed by atoms with Gasteiger partial charge in [0.15, 0.2) is 0 Å². The van der Waals surface area contributed by atoms with Crippen molar-refractivity contribution in [2.24, 2.45) is 0 Å². The lowest BCUT2D eigenvalue weighted by Crippen LogP contribution is -2.06. The minimum atomic E-state index is -4.57. The van der Waals surface area contributed by atoms with E-state index in [1.807, 2.05) is 0 Å². The van der Waals surface area contributed by atoms with E-state index in [-0.39, 0.29) is 10.6 Å². The Bertz CT molecular complexity index is 347. The maximum Gasteiger partial charge on any atom is 0.420 e. The van der Waals surface area contributed by atoms with E-state index >= 15 is 0 Å². The van der Waals surface area contributed by atoms with Crippen molar-refractivity contribution in [1.82, 2.24) is 0 Å².